The summed E-state index contributed by atoms with van der Waals surface area (Å²) < 4.78 is -0.110. The van der Waals surface area contributed by atoms with Gasteiger partial charge in [0.1, 0.15) is 0 Å². The molecule has 0 aromatic heterocycles. The van der Waals surface area contributed by atoms with Crippen molar-refractivity contribution in [1.29, 1.82) is 0 Å². The van der Waals surface area contributed by atoms with Crippen LogP contribution in [0.25, 0.3) is 0 Å². The summed E-state index contributed by atoms with van der Waals surface area (Å²) in [6.07, 6.45) is 21.6. The van der Waals surface area contributed by atoms with Crippen molar-refractivity contribution >= 4 is 24.6 Å². The molecule has 30 heavy (non-hydrogen) atoms. The van der Waals surface area contributed by atoms with Crippen LogP contribution in [-0.4, -0.2) is 37.7 Å². The van der Waals surface area contributed by atoms with E-state index < -0.39 is 13.5 Å². The zero-order valence-electron chi connectivity index (χ0n) is 20.9. The van der Waals surface area contributed by atoms with Crippen LogP contribution in [0.2, 0.25) is 12.6 Å². The number of hydrogen-bond donors (Lipinski definition) is 0. The molecule has 2 atom stereocenters. The fraction of sp³-hybridized carbons (Fsp3) is 0.960. The van der Waals surface area contributed by atoms with Crippen molar-refractivity contribution in [1.82, 2.24) is 0 Å². The Bertz CT molecular complexity index is 429. The Balaban J connectivity index is 3.66. The number of amides is 1. The highest BCUT2D eigenvalue weighted by molar-refractivity contribution is 7.20. The number of carbonyl (C=O) groups is 1. The van der Waals surface area contributed by atoms with E-state index in [0.717, 1.165) is 18.9 Å². The van der Waals surface area contributed by atoms with Gasteiger partial charge in [-0.05, 0) is 12.5 Å². The average molecular weight is 462 g/mol. The van der Waals surface area contributed by atoms with Gasteiger partial charge in [0.15, 0.2) is 0 Å². The molecule has 0 aliphatic rings. The average Bonchev–Trinajstić information content (AvgIpc) is 2.67. The molecule has 3 nitrogen and oxygen atoms in total. The zero-order chi connectivity index (χ0) is 22.9. The molecule has 0 radical (unpaired) electrons. The van der Waals surface area contributed by atoms with Gasteiger partial charge < -0.3 is 9.90 Å². The molecule has 0 bridgehead atoms. The highest BCUT2D eigenvalue weighted by Gasteiger charge is 2.45. The van der Waals surface area contributed by atoms with Gasteiger partial charge in [-0.25, -0.2) is 0 Å². The summed E-state index contributed by atoms with van der Waals surface area (Å²) in [5.41, 5.74) is 0.000470. The Morgan fingerprint density at radius 2 is 1.10 bits per heavy atom. The van der Waals surface area contributed by atoms with Crippen LogP contribution in [0.5, 0.6) is 0 Å². The molecular formula is C25H52ClNO2Si. The molecular weight excluding hydrogens is 410 g/mol. The van der Waals surface area contributed by atoms with Crippen LogP contribution in [0.1, 0.15) is 123 Å². The fourth-order valence-electron chi connectivity index (χ4n) is 4.87. The highest BCUT2D eigenvalue weighted by Crippen LogP contribution is 2.31. The molecule has 2 unspecified atom stereocenters. The van der Waals surface area contributed by atoms with Gasteiger partial charge in [0.05, 0.1) is 19.8 Å². The molecule has 0 rings (SSSR count). The van der Waals surface area contributed by atoms with Gasteiger partial charge in [0.2, 0.25) is 7.38 Å². The number of unbranched alkanes of at least 4 members (excludes halogenated alkanes) is 15. The van der Waals surface area contributed by atoms with E-state index in [2.05, 4.69) is 20.4 Å². The van der Waals surface area contributed by atoms with Crippen LogP contribution in [0.4, 0.5) is 4.79 Å². The molecule has 0 spiro atoms. The van der Waals surface area contributed by atoms with Crippen LogP contribution in [0, 0.1) is 0 Å². The monoisotopic (exact) mass is 461 g/mol. The quantitative estimate of drug-likeness (QED) is 0.0802. The maximum absolute atomic E-state index is 11.5. The van der Waals surface area contributed by atoms with Crippen LogP contribution in [0.3, 0.4) is 0 Å². The van der Waals surface area contributed by atoms with Gasteiger partial charge in [-0.1, -0.05) is 123 Å². The lowest BCUT2D eigenvalue weighted by Crippen LogP contribution is -2.65. The predicted octanol–water partition coefficient (Wildman–Crippen LogP) is 7.80. The third kappa shape index (κ3) is 13.4. The van der Waals surface area contributed by atoms with E-state index in [1.165, 1.54) is 96.3 Å². The molecule has 0 aromatic carbocycles. The minimum atomic E-state index is -2.11. The third-order valence-electron chi connectivity index (χ3n) is 6.85. The first kappa shape index (κ1) is 29.9. The van der Waals surface area contributed by atoms with Crippen molar-refractivity contribution in [2.75, 3.05) is 14.1 Å². The molecule has 0 aliphatic heterocycles. The van der Waals surface area contributed by atoms with Crippen molar-refractivity contribution in [3.63, 3.8) is 0 Å². The highest BCUT2D eigenvalue weighted by atomic mass is 35.6. The Hall–Kier alpha value is -0.0631. The normalized spacial score (nSPS) is 15.1. The predicted molar refractivity (Wildman–Crippen MR) is 133 cm³/mol. The Kier molecular flexibility index (Phi) is 17.5. The second-order valence-electron chi connectivity index (χ2n) is 10.1. The molecule has 5 heteroatoms. The van der Waals surface area contributed by atoms with Crippen LogP contribution in [0.15, 0.2) is 0 Å². The molecule has 0 N–H and O–H groups in total. The number of rotatable bonds is 20. The van der Waals surface area contributed by atoms with Crippen LogP contribution < -0.4 is 5.11 Å². The smallest absolute Gasteiger partial charge is 0.256 e. The van der Waals surface area contributed by atoms with E-state index in [1.807, 2.05) is 0 Å². The largest absolute Gasteiger partial charge is 0.498 e. The second-order valence-corrected chi connectivity index (χ2v) is 16.4. The molecule has 0 aromatic rings. The molecule has 0 saturated heterocycles. The van der Waals surface area contributed by atoms with E-state index in [0.29, 0.717) is 0 Å². The number of nitrogens with zero attached hydrogens (tertiary/aromatic N) is 1. The van der Waals surface area contributed by atoms with Crippen molar-refractivity contribution in [3.05, 3.63) is 0 Å². The third-order valence-corrected chi connectivity index (χ3v) is 11.9. The topological polar surface area (TPSA) is 40.1 Å². The molecule has 0 fully saturated rings. The van der Waals surface area contributed by atoms with Gasteiger partial charge in [-0.15, -0.1) is 0 Å². The summed E-state index contributed by atoms with van der Waals surface area (Å²) >= 11 is 6.93. The summed E-state index contributed by atoms with van der Waals surface area (Å²) in [5.74, 6) is 0. The maximum atomic E-state index is 11.5. The first-order chi connectivity index (χ1) is 14.2. The number of carbonyl (C=O) groups excluding carboxylic acids is 1. The van der Waals surface area contributed by atoms with Gasteiger partial charge in [-0.3, -0.25) is 4.48 Å². The number of quaternary nitrogens is 1. The molecule has 180 valence electrons. The molecule has 0 saturated carbocycles. The van der Waals surface area contributed by atoms with Gasteiger partial charge in [0.25, 0.3) is 6.09 Å². The summed E-state index contributed by atoms with van der Waals surface area (Å²) in [6, 6.07) is 1.00. The Morgan fingerprint density at radius 3 is 1.40 bits per heavy atom. The minimum Gasteiger partial charge on any atom is -0.498 e. The van der Waals surface area contributed by atoms with Gasteiger partial charge in [0, 0.05) is 0 Å². The molecule has 0 heterocycles. The number of hydrogen-bond acceptors (Lipinski definition) is 2. The van der Waals surface area contributed by atoms with Crippen molar-refractivity contribution in [3.8, 4) is 0 Å². The van der Waals surface area contributed by atoms with E-state index >= 15 is 0 Å². The van der Waals surface area contributed by atoms with Gasteiger partial charge in [-0.2, -0.15) is 11.1 Å². The Labute approximate surface area is 194 Å². The summed E-state index contributed by atoms with van der Waals surface area (Å²) in [6.45, 7) is 6.47. The van der Waals surface area contributed by atoms with E-state index in [1.54, 1.807) is 14.1 Å². The van der Waals surface area contributed by atoms with Crippen molar-refractivity contribution in [2.45, 2.75) is 141 Å². The van der Waals surface area contributed by atoms with E-state index in [4.69, 9.17) is 11.1 Å². The van der Waals surface area contributed by atoms with E-state index in [9.17, 15) is 9.90 Å². The lowest BCUT2D eigenvalue weighted by atomic mass is 10.0. The van der Waals surface area contributed by atoms with E-state index in [-0.39, 0.29) is 10.1 Å². The number of carboxylic acid groups (broad SMARTS) is 1. The molecule has 0 aliphatic carbocycles. The summed E-state index contributed by atoms with van der Waals surface area (Å²) in [5, 5.41) is 11.5. The lowest BCUT2D eigenvalue weighted by Gasteiger charge is -2.43. The maximum Gasteiger partial charge on any atom is 0.256 e. The first-order valence-corrected chi connectivity index (χ1v) is 16.7. The first-order valence-electron chi connectivity index (χ1n) is 12.9. The van der Waals surface area contributed by atoms with Crippen molar-refractivity contribution < 1.29 is 14.4 Å². The fourth-order valence-corrected chi connectivity index (χ4v) is 10.0. The minimum absolute atomic E-state index is 0.000470. The standard InChI is InChI=1S/C25H52ClNO2Si/c1-6-8-9-10-11-12-13-14-15-16-17-18-19-20-21-22-23-30(5,26)24(7-2)27(3,4)25(28)29/h24H,6-23H2,1-5H3. The molecule has 1 amide bonds. The van der Waals surface area contributed by atoms with Crippen LogP contribution in [-0.2, 0) is 0 Å². The van der Waals surface area contributed by atoms with Crippen LogP contribution >= 0.6 is 11.1 Å². The zero-order valence-corrected chi connectivity index (χ0v) is 22.7. The summed E-state index contributed by atoms with van der Waals surface area (Å²) in [4.78, 5) is 11.5. The lowest BCUT2D eigenvalue weighted by molar-refractivity contribution is -0.851. The Morgan fingerprint density at radius 1 is 0.767 bits per heavy atom. The number of halogens is 1. The van der Waals surface area contributed by atoms with Crippen molar-refractivity contribution in [2.24, 2.45) is 0 Å². The van der Waals surface area contributed by atoms with Gasteiger partial charge >= 0.3 is 0 Å². The summed E-state index contributed by atoms with van der Waals surface area (Å²) in [7, 11) is 1.34. The second kappa shape index (κ2) is 17.5. The SMILES string of the molecule is CCCCCCCCCCCCCCCCCC[Si](C)(Cl)C(CC)[N+](C)(C)C(=O)[O-].